The smallest absolute Gasteiger partial charge is 0.312 e. The van der Waals surface area contributed by atoms with E-state index in [-0.39, 0.29) is 18.9 Å². The monoisotopic (exact) mass is 397 g/mol. The molecule has 1 aliphatic rings. The lowest BCUT2D eigenvalue weighted by atomic mass is 10.1. The van der Waals surface area contributed by atoms with Crippen molar-refractivity contribution >= 4 is 39.8 Å². The fourth-order valence-electron chi connectivity index (χ4n) is 2.87. The molecule has 0 unspecified atom stereocenters. The molecular formula is C20H19N3O4S. The van der Waals surface area contributed by atoms with Crippen molar-refractivity contribution in [2.24, 2.45) is 5.92 Å². The van der Waals surface area contributed by atoms with Crippen molar-refractivity contribution in [3.05, 3.63) is 46.8 Å². The molecule has 0 spiro atoms. The lowest BCUT2D eigenvalue weighted by molar-refractivity contribution is -0.157. The summed E-state index contributed by atoms with van der Waals surface area (Å²) in [6.45, 7) is 3.64. The van der Waals surface area contributed by atoms with E-state index in [1.54, 1.807) is 16.3 Å². The van der Waals surface area contributed by atoms with E-state index in [0.717, 1.165) is 11.3 Å². The number of aryl methyl sites for hydroxylation is 1. The molecule has 1 fully saturated rings. The summed E-state index contributed by atoms with van der Waals surface area (Å²) in [7, 11) is 0. The Bertz CT molecular complexity index is 945. The lowest BCUT2D eigenvalue weighted by Gasteiger charge is -2.18. The first kappa shape index (κ1) is 19.6. The second-order valence-electron chi connectivity index (χ2n) is 6.58. The van der Waals surface area contributed by atoms with E-state index in [9.17, 15) is 14.4 Å². The summed E-state index contributed by atoms with van der Waals surface area (Å²) in [5.74, 6) is -1.88. The van der Waals surface area contributed by atoms with E-state index in [1.165, 1.54) is 18.3 Å². The second kappa shape index (κ2) is 8.23. The van der Waals surface area contributed by atoms with Gasteiger partial charge in [0.2, 0.25) is 5.91 Å². The number of hydrogen-bond acceptors (Lipinski definition) is 6. The van der Waals surface area contributed by atoms with Crippen molar-refractivity contribution in [2.75, 3.05) is 16.8 Å². The van der Waals surface area contributed by atoms with Crippen molar-refractivity contribution in [3.8, 4) is 6.07 Å². The number of anilines is 2. The number of nitriles is 1. The number of nitrogens with zero attached hydrogens (tertiary/aromatic N) is 2. The van der Waals surface area contributed by atoms with Crippen LogP contribution in [0.5, 0.6) is 0 Å². The SMILES string of the molecule is Cc1ccc(N2C[C@@H](C(=O)O[C@H](C)C(=O)Nc3sccc3C#N)CC2=O)cc1. The molecule has 28 heavy (non-hydrogen) atoms. The molecule has 2 heterocycles. The van der Waals surface area contributed by atoms with E-state index in [1.807, 2.05) is 37.3 Å². The normalized spacial score (nSPS) is 17.1. The summed E-state index contributed by atoms with van der Waals surface area (Å²) in [6.07, 6.45) is -0.991. The Kier molecular flexibility index (Phi) is 5.76. The standard InChI is InChI=1S/C20H19N3O4S/c1-12-3-5-16(6-4-12)23-11-15(9-17(23)24)20(26)27-13(2)18(25)22-19-14(10-21)7-8-28-19/h3-8,13,15H,9,11H2,1-2H3,(H,22,25)/t13-,15+/m1/s1. The van der Waals surface area contributed by atoms with E-state index < -0.39 is 23.9 Å². The summed E-state index contributed by atoms with van der Waals surface area (Å²) in [5, 5.41) is 13.7. The third kappa shape index (κ3) is 4.21. The van der Waals surface area contributed by atoms with Gasteiger partial charge in [0, 0.05) is 18.7 Å². The van der Waals surface area contributed by atoms with Gasteiger partial charge < -0.3 is 15.0 Å². The van der Waals surface area contributed by atoms with Crippen LogP contribution in [0, 0.1) is 24.2 Å². The molecule has 0 aliphatic carbocycles. The summed E-state index contributed by atoms with van der Waals surface area (Å²) in [4.78, 5) is 38.5. The van der Waals surface area contributed by atoms with Gasteiger partial charge in [-0.15, -0.1) is 11.3 Å². The molecule has 144 valence electrons. The number of amides is 2. The van der Waals surface area contributed by atoms with Crippen LogP contribution in [0.4, 0.5) is 10.7 Å². The van der Waals surface area contributed by atoms with Gasteiger partial charge in [-0.2, -0.15) is 5.26 Å². The zero-order valence-corrected chi connectivity index (χ0v) is 16.3. The van der Waals surface area contributed by atoms with E-state index in [0.29, 0.717) is 10.6 Å². The van der Waals surface area contributed by atoms with Gasteiger partial charge in [0.05, 0.1) is 11.5 Å². The molecule has 0 bridgehead atoms. The Morgan fingerprint density at radius 1 is 1.32 bits per heavy atom. The van der Waals surface area contributed by atoms with Crippen LogP contribution in [0.15, 0.2) is 35.7 Å². The van der Waals surface area contributed by atoms with Gasteiger partial charge in [0.1, 0.15) is 11.1 Å². The fraction of sp³-hybridized carbons (Fsp3) is 0.300. The Balaban J connectivity index is 1.58. The molecule has 1 aromatic heterocycles. The zero-order valence-electron chi connectivity index (χ0n) is 15.5. The van der Waals surface area contributed by atoms with Crippen LogP contribution in [0.3, 0.4) is 0 Å². The van der Waals surface area contributed by atoms with E-state index >= 15 is 0 Å². The van der Waals surface area contributed by atoms with Gasteiger partial charge in [-0.25, -0.2) is 0 Å². The second-order valence-corrected chi connectivity index (χ2v) is 7.50. The minimum Gasteiger partial charge on any atom is -0.452 e. The predicted molar refractivity (Wildman–Crippen MR) is 105 cm³/mol. The number of carbonyl (C=O) groups is 3. The molecule has 2 atom stereocenters. The molecule has 1 N–H and O–H groups in total. The first-order valence-corrected chi connectivity index (χ1v) is 9.63. The van der Waals surface area contributed by atoms with Crippen LogP contribution >= 0.6 is 11.3 Å². The largest absolute Gasteiger partial charge is 0.452 e. The zero-order chi connectivity index (χ0) is 20.3. The van der Waals surface area contributed by atoms with Crippen molar-refractivity contribution in [3.63, 3.8) is 0 Å². The molecule has 3 rings (SSSR count). The number of rotatable bonds is 5. The molecule has 8 heteroatoms. The molecule has 1 aliphatic heterocycles. The number of ether oxygens (including phenoxy) is 1. The molecule has 2 aromatic rings. The van der Waals surface area contributed by atoms with E-state index in [4.69, 9.17) is 10.00 Å². The number of benzene rings is 1. The Morgan fingerprint density at radius 3 is 2.71 bits per heavy atom. The molecule has 1 saturated heterocycles. The third-order valence-corrected chi connectivity index (χ3v) is 5.32. The van der Waals surface area contributed by atoms with Crippen LogP contribution in [-0.2, 0) is 19.1 Å². The highest BCUT2D eigenvalue weighted by Gasteiger charge is 2.37. The van der Waals surface area contributed by atoms with Crippen molar-refractivity contribution in [2.45, 2.75) is 26.4 Å². The molecule has 0 radical (unpaired) electrons. The highest BCUT2D eigenvalue weighted by molar-refractivity contribution is 7.14. The minimum atomic E-state index is -1.04. The third-order valence-electron chi connectivity index (χ3n) is 4.49. The Morgan fingerprint density at radius 2 is 2.04 bits per heavy atom. The Labute approximate surface area is 166 Å². The van der Waals surface area contributed by atoms with Crippen molar-refractivity contribution in [1.82, 2.24) is 0 Å². The summed E-state index contributed by atoms with van der Waals surface area (Å²) in [6, 6.07) is 11.1. The quantitative estimate of drug-likeness (QED) is 0.782. The fourth-order valence-corrected chi connectivity index (χ4v) is 3.61. The maximum atomic E-state index is 12.4. The van der Waals surface area contributed by atoms with Gasteiger partial charge in [0.25, 0.3) is 5.91 Å². The number of nitrogens with one attached hydrogen (secondary N) is 1. The minimum absolute atomic E-state index is 0.0462. The van der Waals surface area contributed by atoms with Crippen LogP contribution in [0.25, 0.3) is 0 Å². The molecule has 0 saturated carbocycles. The maximum absolute atomic E-state index is 12.4. The Hall–Kier alpha value is -3.18. The average molecular weight is 397 g/mol. The lowest BCUT2D eigenvalue weighted by Crippen LogP contribution is -2.33. The van der Waals surface area contributed by atoms with Crippen LogP contribution in [0.2, 0.25) is 0 Å². The predicted octanol–water partition coefficient (Wildman–Crippen LogP) is 2.85. The van der Waals surface area contributed by atoms with Gasteiger partial charge in [0.15, 0.2) is 6.10 Å². The highest BCUT2D eigenvalue weighted by Crippen LogP contribution is 2.27. The maximum Gasteiger partial charge on any atom is 0.312 e. The first-order valence-electron chi connectivity index (χ1n) is 8.75. The van der Waals surface area contributed by atoms with Gasteiger partial charge in [-0.05, 0) is 37.4 Å². The number of carbonyl (C=O) groups excluding carboxylic acids is 3. The number of thiophene rings is 1. The summed E-state index contributed by atoms with van der Waals surface area (Å²) < 4.78 is 5.26. The number of esters is 1. The first-order chi connectivity index (χ1) is 13.4. The van der Waals surface area contributed by atoms with Crippen molar-refractivity contribution in [1.29, 1.82) is 5.26 Å². The van der Waals surface area contributed by atoms with Gasteiger partial charge >= 0.3 is 5.97 Å². The molecular weight excluding hydrogens is 378 g/mol. The summed E-state index contributed by atoms with van der Waals surface area (Å²) >= 11 is 1.22. The van der Waals surface area contributed by atoms with Gasteiger partial charge in [-0.1, -0.05) is 17.7 Å². The van der Waals surface area contributed by atoms with Crippen LogP contribution in [0.1, 0.15) is 24.5 Å². The average Bonchev–Trinajstić information content (AvgIpc) is 3.28. The molecule has 7 nitrogen and oxygen atoms in total. The molecule has 2 amide bonds. The van der Waals surface area contributed by atoms with E-state index in [2.05, 4.69) is 5.32 Å². The topological polar surface area (TPSA) is 99.5 Å². The van der Waals surface area contributed by atoms with Crippen molar-refractivity contribution < 1.29 is 19.1 Å². The van der Waals surface area contributed by atoms with Crippen LogP contribution < -0.4 is 10.2 Å². The highest BCUT2D eigenvalue weighted by atomic mass is 32.1. The number of hydrogen-bond donors (Lipinski definition) is 1. The summed E-state index contributed by atoms with van der Waals surface area (Å²) in [5.41, 5.74) is 2.17. The van der Waals surface area contributed by atoms with Crippen LogP contribution in [-0.4, -0.2) is 30.4 Å². The van der Waals surface area contributed by atoms with Gasteiger partial charge in [-0.3, -0.25) is 14.4 Å². The molecule has 1 aromatic carbocycles.